The van der Waals surface area contributed by atoms with Gasteiger partial charge >= 0.3 is 0 Å². The highest BCUT2D eigenvalue weighted by atomic mass is 32.2. The number of aliphatic hydroxyl groups is 1. The Bertz CT molecular complexity index is 1800. The smallest absolute Gasteiger partial charge is 0.261 e. The Kier molecular flexibility index (Phi) is 9.21. The minimum absolute atomic E-state index is 0.0310. The molecule has 4 aromatic rings. The molecule has 11 heteroatoms. The van der Waals surface area contributed by atoms with E-state index in [4.69, 9.17) is 9.47 Å². The van der Waals surface area contributed by atoms with Crippen LogP contribution in [-0.4, -0.2) is 62.3 Å². The summed E-state index contributed by atoms with van der Waals surface area (Å²) in [6.07, 6.45) is 1.00. The number of benzene rings is 4. The zero-order valence-electron chi connectivity index (χ0n) is 26.6. The molecule has 250 valence electrons. The summed E-state index contributed by atoms with van der Waals surface area (Å²) < 4.78 is 41.4. The standard InChI is InChI=1S/C37H40N4O6S/c42-25-27-11-13-28(14-12-27)34-23-32(24-40-21-19-37(20-22-40)36(43)38-26-41(37)31-7-3-1-4-8-31)46-35(47-34)29-15-17-30(18-16-29)39-48(44,45)33-9-5-2-6-10-33/h1-18,32,34-35,39,42H,19-26H2,(H,38,43)/t32-,34+,35+/m0/s1. The molecule has 0 bridgehead atoms. The van der Waals surface area contributed by atoms with E-state index < -0.39 is 21.9 Å². The molecule has 0 radical (unpaired) electrons. The van der Waals surface area contributed by atoms with Crippen LogP contribution in [0, 0.1) is 0 Å². The van der Waals surface area contributed by atoms with Gasteiger partial charge in [-0.2, -0.15) is 0 Å². The van der Waals surface area contributed by atoms with Gasteiger partial charge in [-0.25, -0.2) is 8.42 Å². The van der Waals surface area contributed by atoms with Crippen LogP contribution in [0.2, 0.25) is 0 Å². The van der Waals surface area contributed by atoms with Gasteiger partial charge in [-0.05, 0) is 60.4 Å². The number of nitrogens with one attached hydrogen (secondary N) is 2. The summed E-state index contributed by atoms with van der Waals surface area (Å²) in [6, 6.07) is 33.2. The Morgan fingerprint density at radius 3 is 2.15 bits per heavy atom. The maximum atomic E-state index is 13.2. The number of sulfonamides is 1. The molecule has 3 atom stereocenters. The topological polar surface area (TPSA) is 120 Å². The minimum atomic E-state index is -3.72. The minimum Gasteiger partial charge on any atom is -0.392 e. The van der Waals surface area contributed by atoms with E-state index in [1.165, 1.54) is 0 Å². The van der Waals surface area contributed by atoms with E-state index in [1.54, 1.807) is 42.5 Å². The van der Waals surface area contributed by atoms with Crippen molar-refractivity contribution in [3.63, 3.8) is 0 Å². The first-order valence-electron chi connectivity index (χ1n) is 16.3. The van der Waals surface area contributed by atoms with Crippen LogP contribution in [-0.2, 0) is 30.9 Å². The normalized spacial score (nSPS) is 22.8. The van der Waals surface area contributed by atoms with Crippen molar-refractivity contribution in [2.75, 3.05) is 35.9 Å². The fourth-order valence-electron chi connectivity index (χ4n) is 6.98. The summed E-state index contributed by atoms with van der Waals surface area (Å²) in [4.78, 5) is 18.0. The third kappa shape index (κ3) is 6.69. The number of anilines is 2. The van der Waals surface area contributed by atoms with Crippen molar-refractivity contribution >= 4 is 27.3 Å². The maximum absolute atomic E-state index is 13.2. The first kappa shape index (κ1) is 32.3. The highest BCUT2D eigenvalue weighted by molar-refractivity contribution is 7.92. The lowest BCUT2D eigenvalue weighted by Gasteiger charge is -2.45. The Balaban J connectivity index is 1.06. The summed E-state index contributed by atoms with van der Waals surface area (Å²) in [6.45, 7) is 2.68. The number of nitrogens with zero attached hydrogens (tertiary/aromatic N) is 2. The number of ether oxygens (including phenoxy) is 2. The van der Waals surface area contributed by atoms with E-state index in [0.29, 0.717) is 38.2 Å². The summed E-state index contributed by atoms with van der Waals surface area (Å²) >= 11 is 0. The maximum Gasteiger partial charge on any atom is 0.261 e. The third-order valence-corrected chi connectivity index (χ3v) is 11.1. The van der Waals surface area contributed by atoms with E-state index in [9.17, 15) is 18.3 Å². The third-order valence-electron chi connectivity index (χ3n) is 9.65. The lowest BCUT2D eigenvalue weighted by molar-refractivity contribution is -0.253. The van der Waals surface area contributed by atoms with Gasteiger partial charge in [0.1, 0.15) is 5.54 Å². The Morgan fingerprint density at radius 1 is 0.833 bits per heavy atom. The molecule has 3 aliphatic rings. The number of aliphatic hydroxyl groups excluding tert-OH is 1. The summed E-state index contributed by atoms with van der Waals surface area (Å²) in [5.41, 5.74) is 3.53. The van der Waals surface area contributed by atoms with Crippen molar-refractivity contribution in [3.05, 3.63) is 126 Å². The zero-order chi connectivity index (χ0) is 33.1. The molecule has 0 saturated carbocycles. The fraction of sp³-hybridized carbons (Fsp3) is 0.324. The molecule has 0 unspecified atom stereocenters. The monoisotopic (exact) mass is 668 g/mol. The molecule has 1 amide bonds. The van der Waals surface area contributed by atoms with Gasteiger partial charge in [-0.15, -0.1) is 0 Å². The second-order valence-electron chi connectivity index (χ2n) is 12.7. The Morgan fingerprint density at radius 2 is 1.48 bits per heavy atom. The van der Waals surface area contributed by atoms with Crippen LogP contribution in [0.5, 0.6) is 0 Å². The number of rotatable bonds is 9. The van der Waals surface area contributed by atoms with Gasteiger partial charge in [-0.1, -0.05) is 72.8 Å². The van der Waals surface area contributed by atoms with Crippen LogP contribution in [0.15, 0.2) is 114 Å². The average molecular weight is 669 g/mol. The van der Waals surface area contributed by atoms with Crippen molar-refractivity contribution in [1.82, 2.24) is 10.2 Å². The molecule has 3 N–H and O–H groups in total. The van der Waals surface area contributed by atoms with E-state index in [1.807, 2.05) is 54.6 Å². The van der Waals surface area contributed by atoms with E-state index in [-0.39, 0.29) is 29.6 Å². The molecule has 7 rings (SSSR count). The highest BCUT2D eigenvalue weighted by Crippen LogP contribution is 2.40. The number of amides is 1. The summed E-state index contributed by atoms with van der Waals surface area (Å²) in [5, 5.41) is 12.6. The van der Waals surface area contributed by atoms with Crippen molar-refractivity contribution in [3.8, 4) is 0 Å². The van der Waals surface area contributed by atoms with Gasteiger partial charge in [0, 0.05) is 43.0 Å². The molecule has 3 aliphatic heterocycles. The quantitative estimate of drug-likeness (QED) is 0.229. The summed E-state index contributed by atoms with van der Waals surface area (Å²) in [7, 11) is -3.72. The van der Waals surface area contributed by atoms with Crippen LogP contribution >= 0.6 is 0 Å². The van der Waals surface area contributed by atoms with Crippen molar-refractivity contribution < 1.29 is 27.8 Å². The van der Waals surface area contributed by atoms with Crippen LogP contribution in [0.3, 0.4) is 0 Å². The van der Waals surface area contributed by atoms with E-state index in [0.717, 1.165) is 35.5 Å². The number of piperidine rings is 1. The molecule has 0 aromatic heterocycles. The van der Waals surface area contributed by atoms with Gasteiger partial charge in [-0.3, -0.25) is 9.52 Å². The van der Waals surface area contributed by atoms with Crippen LogP contribution in [0.25, 0.3) is 0 Å². The number of hydrogen-bond acceptors (Lipinski definition) is 8. The highest BCUT2D eigenvalue weighted by Gasteiger charge is 2.50. The molecule has 0 aliphatic carbocycles. The van der Waals surface area contributed by atoms with E-state index in [2.05, 4.69) is 32.0 Å². The second kappa shape index (κ2) is 13.7. The molecule has 48 heavy (non-hydrogen) atoms. The van der Waals surface area contributed by atoms with Crippen LogP contribution in [0.1, 0.15) is 48.3 Å². The van der Waals surface area contributed by atoms with Gasteiger partial charge in [0.25, 0.3) is 10.0 Å². The molecular formula is C37H40N4O6S. The van der Waals surface area contributed by atoms with Crippen LogP contribution in [0.4, 0.5) is 11.4 Å². The average Bonchev–Trinajstić information content (AvgIpc) is 3.44. The Hall–Kier alpha value is -4.26. The first-order chi connectivity index (χ1) is 23.3. The second-order valence-corrected chi connectivity index (χ2v) is 14.3. The largest absolute Gasteiger partial charge is 0.392 e. The van der Waals surface area contributed by atoms with Gasteiger partial charge in [0.2, 0.25) is 5.91 Å². The number of carbonyl (C=O) groups is 1. The van der Waals surface area contributed by atoms with Crippen molar-refractivity contribution in [1.29, 1.82) is 0 Å². The molecular weight excluding hydrogens is 628 g/mol. The Labute approximate surface area is 281 Å². The van der Waals surface area contributed by atoms with Gasteiger partial charge < -0.3 is 29.7 Å². The number of para-hydroxylation sites is 1. The molecule has 4 aromatic carbocycles. The first-order valence-corrected chi connectivity index (χ1v) is 17.8. The number of hydrogen-bond donors (Lipinski definition) is 3. The molecule has 3 heterocycles. The molecule has 3 saturated heterocycles. The van der Waals surface area contributed by atoms with Crippen molar-refractivity contribution in [2.24, 2.45) is 0 Å². The summed E-state index contributed by atoms with van der Waals surface area (Å²) in [5.74, 6) is 0.0919. The van der Waals surface area contributed by atoms with Crippen LogP contribution < -0.4 is 14.9 Å². The fourth-order valence-corrected chi connectivity index (χ4v) is 8.06. The molecule has 10 nitrogen and oxygen atoms in total. The lowest BCUT2D eigenvalue weighted by Crippen LogP contribution is -2.57. The number of carbonyl (C=O) groups excluding carboxylic acids is 1. The van der Waals surface area contributed by atoms with Crippen molar-refractivity contribution in [2.45, 2.75) is 54.8 Å². The predicted octanol–water partition coefficient (Wildman–Crippen LogP) is 4.95. The predicted molar refractivity (Wildman–Crippen MR) is 182 cm³/mol. The molecule has 1 spiro atoms. The SMILES string of the molecule is O=C1NCN(c2ccccc2)C12CCN(C[C@@H]1C[C@H](c3ccc(CO)cc3)O[C@H](c3ccc(NS(=O)(=O)c4ccccc4)cc3)O1)CC2. The van der Waals surface area contributed by atoms with E-state index >= 15 is 0 Å². The molecule has 3 fully saturated rings. The zero-order valence-corrected chi connectivity index (χ0v) is 27.4. The number of likely N-dealkylation sites (tertiary alicyclic amines) is 1. The lowest BCUT2D eigenvalue weighted by atomic mass is 9.85. The van der Waals surface area contributed by atoms with Gasteiger partial charge in [0.15, 0.2) is 6.29 Å². The van der Waals surface area contributed by atoms with Gasteiger partial charge in [0.05, 0.1) is 30.4 Å².